The molecule has 0 radical (unpaired) electrons. The lowest BCUT2D eigenvalue weighted by Crippen LogP contribution is -2.54. The average molecular weight is 184 g/mol. The molecule has 1 saturated carbocycles. The summed E-state index contributed by atoms with van der Waals surface area (Å²) in [5, 5.41) is 6.13. The van der Waals surface area contributed by atoms with Gasteiger partial charge in [0.05, 0.1) is 11.1 Å². The van der Waals surface area contributed by atoms with Crippen molar-refractivity contribution in [2.75, 3.05) is 11.5 Å². The van der Waals surface area contributed by atoms with E-state index >= 15 is 0 Å². The van der Waals surface area contributed by atoms with Crippen LogP contribution in [0.2, 0.25) is 0 Å². The van der Waals surface area contributed by atoms with Crippen molar-refractivity contribution in [3.63, 3.8) is 0 Å². The van der Waals surface area contributed by atoms with Gasteiger partial charge in [-0.3, -0.25) is 0 Å². The van der Waals surface area contributed by atoms with Crippen LogP contribution < -0.4 is 10.6 Å². The van der Waals surface area contributed by atoms with Crippen LogP contribution in [0.4, 0.5) is 4.79 Å². The summed E-state index contributed by atoms with van der Waals surface area (Å²) in [6, 6.07) is 0.0301. The minimum absolute atomic E-state index is 0.0255. The first-order valence-corrected chi connectivity index (χ1v) is 5.50. The van der Waals surface area contributed by atoms with Gasteiger partial charge in [0.25, 0.3) is 0 Å². The number of amides is 2. The highest BCUT2D eigenvalue weighted by Crippen LogP contribution is 2.58. The van der Waals surface area contributed by atoms with Gasteiger partial charge in [-0.1, -0.05) is 0 Å². The standard InChI is InChI=1S/C8H12N2OS/c1-7-4-12-3-5-2-8(5,7)10-6(11)9-7/h5H,2-4H2,1H3,(H2,9,10,11)/t5-,7+,8-/m1/s1. The maximum absolute atomic E-state index is 11.2. The van der Waals surface area contributed by atoms with Crippen LogP contribution in [0.5, 0.6) is 0 Å². The van der Waals surface area contributed by atoms with Crippen LogP contribution in [0.25, 0.3) is 0 Å². The van der Waals surface area contributed by atoms with Crippen LogP contribution in [0.1, 0.15) is 13.3 Å². The zero-order valence-electron chi connectivity index (χ0n) is 7.02. The summed E-state index contributed by atoms with van der Waals surface area (Å²) in [6.45, 7) is 2.16. The molecule has 0 aromatic carbocycles. The summed E-state index contributed by atoms with van der Waals surface area (Å²) in [7, 11) is 0. The molecule has 2 aliphatic heterocycles. The molecule has 66 valence electrons. The van der Waals surface area contributed by atoms with Crippen molar-refractivity contribution in [2.24, 2.45) is 5.92 Å². The highest BCUT2D eigenvalue weighted by molar-refractivity contribution is 7.99. The predicted molar refractivity (Wildman–Crippen MR) is 48.2 cm³/mol. The summed E-state index contributed by atoms with van der Waals surface area (Å²) in [6.07, 6.45) is 1.18. The van der Waals surface area contributed by atoms with Gasteiger partial charge in [-0.15, -0.1) is 0 Å². The first kappa shape index (κ1) is 7.06. The molecule has 1 spiro atoms. The van der Waals surface area contributed by atoms with E-state index in [1.165, 1.54) is 12.2 Å². The second-order valence-electron chi connectivity index (χ2n) is 4.30. The Morgan fingerprint density at radius 1 is 1.58 bits per heavy atom. The van der Waals surface area contributed by atoms with Crippen molar-refractivity contribution in [1.82, 2.24) is 10.6 Å². The van der Waals surface area contributed by atoms with Crippen LogP contribution in [0.15, 0.2) is 0 Å². The molecule has 2 saturated heterocycles. The summed E-state index contributed by atoms with van der Waals surface area (Å²) in [5.41, 5.74) is 0.160. The molecule has 3 rings (SSSR count). The van der Waals surface area contributed by atoms with E-state index in [0.717, 1.165) is 11.7 Å². The largest absolute Gasteiger partial charge is 0.330 e. The van der Waals surface area contributed by atoms with E-state index in [2.05, 4.69) is 17.6 Å². The molecule has 2 heterocycles. The Morgan fingerprint density at radius 3 is 3.17 bits per heavy atom. The summed E-state index contributed by atoms with van der Waals surface area (Å²) < 4.78 is 0. The van der Waals surface area contributed by atoms with E-state index in [0.29, 0.717) is 0 Å². The molecule has 2 N–H and O–H groups in total. The molecule has 12 heavy (non-hydrogen) atoms. The Morgan fingerprint density at radius 2 is 2.42 bits per heavy atom. The molecule has 3 aliphatic rings. The van der Waals surface area contributed by atoms with Crippen molar-refractivity contribution < 1.29 is 4.79 Å². The van der Waals surface area contributed by atoms with Crippen LogP contribution in [-0.2, 0) is 0 Å². The molecule has 4 heteroatoms. The van der Waals surface area contributed by atoms with Gasteiger partial charge in [0.1, 0.15) is 0 Å². The molecule has 2 amide bonds. The van der Waals surface area contributed by atoms with Gasteiger partial charge in [0, 0.05) is 5.75 Å². The van der Waals surface area contributed by atoms with Gasteiger partial charge in [0.2, 0.25) is 0 Å². The van der Waals surface area contributed by atoms with E-state index in [-0.39, 0.29) is 17.1 Å². The maximum atomic E-state index is 11.2. The van der Waals surface area contributed by atoms with Crippen LogP contribution >= 0.6 is 11.8 Å². The van der Waals surface area contributed by atoms with E-state index in [9.17, 15) is 4.79 Å². The fourth-order valence-electron chi connectivity index (χ4n) is 2.66. The quantitative estimate of drug-likeness (QED) is 0.577. The van der Waals surface area contributed by atoms with Gasteiger partial charge in [0.15, 0.2) is 0 Å². The summed E-state index contributed by atoms with van der Waals surface area (Å²) >= 11 is 1.96. The highest BCUT2D eigenvalue weighted by Gasteiger charge is 2.71. The van der Waals surface area contributed by atoms with E-state index in [1.54, 1.807) is 0 Å². The summed E-state index contributed by atoms with van der Waals surface area (Å²) in [5.74, 6) is 3.00. The fourth-order valence-corrected chi connectivity index (χ4v) is 4.21. The second kappa shape index (κ2) is 1.76. The Kier molecular flexibility index (Phi) is 1.04. The van der Waals surface area contributed by atoms with E-state index in [4.69, 9.17) is 0 Å². The van der Waals surface area contributed by atoms with E-state index < -0.39 is 0 Å². The number of nitrogens with one attached hydrogen (secondary N) is 2. The van der Waals surface area contributed by atoms with Gasteiger partial charge in [-0.25, -0.2) is 4.79 Å². The molecular weight excluding hydrogens is 172 g/mol. The molecule has 1 aliphatic carbocycles. The van der Waals surface area contributed by atoms with Crippen molar-refractivity contribution in [1.29, 1.82) is 0 Å². The first-order chi connectivity index (χ1) is 5.66. The molecule has 0 bridgehead atoms. The summed E-state index contributed by atoms with van der Waals surface area (Å²) in [4.78, 5) is 11.2. The molecule has 0 aromatic heterocycles. The number of carbonyl (C=O) groups excluding carboxylic acids is 1. The minimum atomic E-state index is 0.0255. The Labute approximate surface area is 75.7 Å². The normalized spacial score (nSPS) is 55.1. The maximum Gasteiger partial charge on any atom is 0.315 e. The third-order valence-corrected chi connectivity index (χ3v) is 4.95. The minimum Gasteiger partial charge on any atom is -0.330 e. The topological polar surface area (TPSA) is 41.1 Å². The highest BCUT2D eigenvalue weighted by atomic mass is 32.2. The van der Waals surface area contributed by atoms with E-state index in [1.807, 2.05) is 11.8 Å². The SMILES string of the molecule is C[C@]12CSC[C@H]3C[C@@]31NC(=O)N2. The third-order valence-electron chi connectivity index (χ3n) is 3.53. The smallest absolute Gasteiger partial charge is 0.315 e. The zero-order valence-corrected chi connectivity index (χ0v) is 7.83. The monoisotopic (exact) mass is 184 g/mol. The van der Waals surface area contributed by atoms with Gasteiger partial charge >= 0.3 is 6.03 Å². The molecule has 3 fully saturated rings. The van der Waals surface area contributed by atoms with Crippen molar-refractivity contribution >= 4 is 17.8 Å². The second-order valence-corrected chi connectivity index (χ2v) is 5.33. The Bertz CT molecular complexity index is 262. The first-order valence-electron chi connectivity index (χ1n) is 4.34. The fraction of sp³-hybridized carbons (Fsp3) is 0.875. The molecule has 0 aromatic rings. The Balaban J connectivity index is 2.02. The van der Waals surface area contributed by atoms with Crippen LogP contribution in [-0.4, -0.2) is 28.6 Å². The number of rotatable bonds is 0. The van der Waals surface area contributed by atoms with Crippen molar-refractivity contribution in [3.8, 4) is 0 Å². The van der Waals surface area contributed by atoms with Crippen LogP contribution in [0, 0.1) is 5.92 Å². The van der Waals surface area contributed by atoms with Crippen LogP contribution in [0.3, 0.4) is 0 Å². The third kappa shape index (κ3) is 0.596. The lowest BCUT2D eigenvalue weighted by Gasteiger charge is -2.34. The number of carbonyl (C=O) groups is 1. The zero-order chi connectivity index (χ0) is 8.40. The van der Waals surface area contributed by atoms with Crippen molar-refractivity contribution in [2.45, 2.75) is 24.4 Å². The predicted octanol–water partition coefficient (Wildman–Crippen LogP) is 0.563. The number of urea groups is 1. The van der Waals surface area contributed by atoms with Gasteiger partial charge in [-0.2, -0.15) is 11.8 Å². The molecule has 3 atom stereocenters. The Hall–Kier alpha value is -0.380. The number of hydrogen-bond acceptors (Lipinski definition) is 2. The number of hydrogen-bond donors (Lipinski definition) is 2. The lowest BCUT2D eigenvalue weighted by atomic mass is 9.91. The molecule has 3 nitrogen and oxygen atoms in total. The number of thioether (sulfide) groups is 1. The lowest BCUT2D eigenvalue weighted by molar-refractivity contribution is 0.246. The average Bonchev–Trinajstić information content (AvgIpc) is 2.57. The van der Waals surface area contributed by atoms with Crippen molar-refractivity contribution in [3.05, 3.63) is 0 Å². The molecule has 0 unspecified atom stereocenters. The van der Waals surface area contributed by atoms with Gasteiger partial charge in [-0.05, 0) is 25.0 Å². The molecular formula is C8H12N2OS. The van der Waals surface area contributed by atoms with Gasteiger partial charge < -0.3 is 10.6 Å².